The highest BCUT2D eigenvalue weighted by atomic mass is 16.5. The van der Waals surface area contributed by atoms with Crippen LogP contribution in [-0.4, -0.2) is 47.2 Å². The third-order valence-corrected chi connectivity index (χ3v) is 8.19. The predicted octanol–water partition coefficient (Wildman–Crippen LogP) is 2.84. The van der Waals surface area contributed by atoms with Crippen molar-refractivity contribution in [1.29, 1.82) is 0 Å². The van der Waals surface area contributed by atoms with E-state index in [1.807, 2.05) is 6.92 Å². The van der Waals surface area contributed by atoms with Gasteiger partial charge in [-0.05, 0) is 69.6 Å². The Morgan fingerprint density at radius 3 is 2.42 bits per heavy atom. The first kappa shape index (κ1) is 19.8. The Balaban J connectivity index is 1.99. The summed E-state index contributed by atoms with van der Waals surface area (Å²) in [5.41, 5.74) is -2.03. The lowest BCUT2D eigenvalue weighted by Crippen LogP contribution is -2.67. The largest absolute Gasteiger partial charge is 0.469 e. The van der Waals surface area contributed by atoms with Gasteiger partial charge in [-0.3, -0.25) is 4.79 Å². The van der Waals surface area contributed by atoms with Crippen molar-refractivity contribution in [3.05, 3.63) is 12.7 Å². The first-order valence-corrected chi connectivity index (χ1v) is 9.83. The molecule has 1 saturated heterocycles. The van der Waals surface area contributed by atoms with E-state index in [0.717, 1.165) is 32.1 Å². The van der Waals surface area contributed by atoms with Crippen LogP contribution in [0.3, 0.4) is 0 Å². The molecule has 2 unspecified atom stereocenters. The van der Waals surface area contributed by atoms with E-state index < -0.39 is 17.1 Å². The first-order valence-electron chi connectivity index (χ1n) is 9.83. The molecule has 3 fully saturated rings. The molecule has 7 atom stereocenters. The van der Waals surface area contributed by atoms with Gasteiger partial charge in [0.2, 0.25) is 0 Å². The van der Waals surface area contributed by atoms with Crippen LogP contribution in [0.5, 0.6) is 0 Å². The van der Waals surface area contributed by atoms with Gasteiger partial charge in [0.25, 0.3) is 0 Å². The summed E-state index contributed by atoms with van der Waals surface area (Å²) in [4.78, 5) is 12.7. The minimum atomic E-state index is -0.882. The molecular weight excluding hydrogens is 332 g/mol. The van der Waals surface area contributed by atoms with Crippen LogP contribution in [0.4, 0.5) is 0 Å². The summed E-state index contributed by atoms with van der Waals surface area (Å²) in [5.74, 6) is 0.0140. The van der Waals surface area contributed by atoms with Crippen molar-refractivity contribution in [2.75, 3.05) is 13.7 Å². The molecule has 1 heterocycles. The third-order valence-electron chi connectivity index (χ3n) is 8.19. The minimum absolute atomic E-state index is 0.0539. The van der Waals surface area contributed by atoms with Crippen LogP contribution in [0.15, 0.2) is 12.7 Å². The Bertz CT molecular complexity index is 591. The van der Waals surface area contributed by atoms with Crippen molar-refractivity contribution in [3.63, 3.8) is 0 Å². The number of aliphatic hydroxyl groups excluding tert-OH is 2. The number of ether oxygens (including phenoxy) is 2. The van der Waals surface area contributed by atoms with Crippen LogP contribution in [0.2, 0.25) is 0 Å². The van der Waals surface area contributed by atoms with E-state index in [2.05, 4.69) is 20.4 Å². The van der Waals surface area contributed by atoms with Crippen molar-refractivity contribution < 1.29 is 24.5 Å². The smallest absolute Gasteiger partial charge is 0.314 e. The zero-order chi connectivity index (χ0) is 19.4. The van der Waals surface area contributed by atoms with Gasteiger partial charge in [0.15, 0.2) is 0 Å². The second kappa shape index (κ2) is 6.32. The SMILES string of the molecule is C=C[C@]1(CO)CCC2[C@]3(C)CC[C@@H](O)[C@](C)(C(=O)OC)C3CC[C@]2(C)O1. The normalized spacial score (nSPS) is 51.1. The Labute approximate surface area is 156 Å². The summed E-state index contributed by atoms with van der Waals surface area (Å²) in [6.07, 6.45) is 5.78. The Morgan fingerprint density at radius 2 is 1.85 bits per heavy atom. The molecule has 0 radical (unpaired) electrons. The van der Waals surface area contributed by atoms with E-state index in [4.69, 9.17) is 9.47 Å². The van der Waals surface area contributed by atoms with Crippen molar-refractivity contribution in [2.45, 2.75) is 76.6 Å². The van der Waals surface area contributed by atoms with Gasteiger partial charge in [-0.1, -0.05) is 13.0 Å². The Hall–Kier alpha value is -0.910. The van der Waals surface area contributed by atoms with Crippen molar-refractivity contribution >= 4 is 5.97 Å². The highest BCUT2D eigenvalue weighted by Gasteiger charge is 2.66. The van der Waals surface area contributed by atoms with Gasteiger partial charge in [-0.15, -0.1) is 6.58 Å². The number of hydrogen-bond acceptors (Lipinski definition) is 5. The molecular formula is C21H34O5. The highest BCUT2D eigenvalue weighted by Crippen LogP contribution is 2.65. The molecule has 3 aliphatic rings. The molecule has 0 aromatic carbocycles. The lowest BCUT2D eigenvalue weighted by molar-refractivity contribution is -0.273. The van der Waals surface area contributed by atoms with Gasteiger partial charge in [0.05, 0.1) is 30.8 Å². The maximum Gasteiger partial charge on any atom is 0.314 e. The first-order chi connectivity index (χ1) is 12.1. The van der Waals surface area contributed by atoms with E-state index in [1.54, 1.807) is 6.08 Å². The molecule has 5 nitrogen and oxygen atoms in total. The molecule has 2 saturated carbocycles. The van der Waals surface area contributed by atoms with E-state index in [-0.39, 0.29) is 35.4 Å². The molecule has 0 aromatic heterocycles. The van der Waals surface area contributed by atoms with Crippen LogP contribution in [0.1, 0.15) is 59.3 Å². The van der Waals surface area contributed by atoms with Crippen LogP contribution < -0.4 is 0 Å². The topological polar surface area (TPSA) is 76.0 Å². The number of carbonyl (C=O) groups excluding carboxylic acids is 1. The van der Waals surface area contributed by atoms with Crippen molar-refractivity contribution in [1.82, 2.24) is 0 Å². The zero-order valence-corrected chi connectivity index (χ0v) is 16.6. The number of esters is 1. The molecule has 1 aliphatic heterocycles. The molecule has 0 bridgehead atoms. The summed E-state index contributed by atoms with van der Waals surface area (Å²) < 4.78 is 11.6. The summed E-state index contributed by atoms with van der Waals surface area (Å²) in [7, 11) is 1.41. The summed E-state index contributed by atoms with van der Waals surface area (Å²) in [6, 6.07) is 0. The average molecular weight is 366 g/mol. The average Bonchev–Trinajstić information content (AvgIpc) is 2.63. The monoisotopic (exact) mass is 366 g/mol. The van der Waals surface area contributed by atoms with E-state index in [1.165, 1.54) is 7.11 Å². The fourth-order valence-electron chi connectivity index (χ4n) is 6.67. The van der Waals surface area contributed by atoms with E-state index in [9.17, 15) is 15.0 Å². The van der Waals surface area contributed by atoms with Gasteiger partial charge < -0.3 is 19.7 Å². The quantitative estimate of drug-likeness (QED) is 0.593. The van der Waals surface area contributed by atoms with Crippen LogP contribution in [0, 0.1) is 22.7 Å². The summed E-state index contributed by atoms with van der Waals surface area (Å²) >= 11 is 0. The van der Waals surface area contributed by atoms with Crippen LogP contribution >= 0.6 is 0 Å². The zero-order valence-electron chi connectivity index (χ0n) is 16.6. The number of fused-ring (bicyclic) bond motifs is 3. The van der Waals surface area contributed by atoms with Gasteiger partial charge >= 0.3 is 5.97 Å². The number of rotatable bonds is 3. The molecule has 3 rings (SSSR count). The lowest BCUT2D eigenvalue weighted by Gasteiger charge is -2.65. The van der Waals surface area contributed by atoms with Gasteiger partial charge in [0, 0.05) is 0 Å². The molecule has 5 heteroatoms. The molecule has 2 N–H and O–H groups in total. The van der Waals surface area contributed by atoms with Gasteiger partial charge in [0.1, 0.15) is 5.60 Å². The fourth-order valence-corrected chi connectivity index (χ4v) is 6.67. The Morgan fingerprint density at radius 1 is 1.19 bits per heavy atom. The van der Waals surface area contributed by atoms with E-state index in [0.29, 0.717) is 6.42 Å². The van der Waals surface area contributed by atoms with Gasteiger partial charge in [-0.25, -0.2) is 0 Å². The predicted molar refractivity (Wildman–Crippen MR) is 98.4 cm³/mol. The maximum absolute atomic E-state index is 12.7. The number of hydrogen-bond donors (Lipinski definition) is 2. The maximum atomic E-state index is 12.7. The molecule has 26 heavy (non-hydrogen) atoms. The van der Waals surface area contributed by atoms with Crippen LogP contribution in [-0.2, 0) is 14.3 Å². The summed E-state index contributed by atoms with van der Waals surface area (Å²) in [6.45, 7) is 10.1. The van der Waals surface area contributed by atoms with Gasteiger partial charge in [-0.2, -0.15) is 0 Å². The van der Waals surface area contributed by atoms with Crippen molar-refractivity contribution in [3.8, 4) is 0 Å². The Kier molecular flexibility index (Phi) is 4.82. The second-order valence-corrected chi connectivity index (χ2v) is 9.36. The molecule has 0 spiro atoms. The number of methoxy groups -OCH3 is 1. The number of carbonyl (C=O) groups is 1. The summed E-state index contributed by atoms with van der Waals surface area (Å²) in [5, 5.41) is 20.6. The molecule has 148 valence electrons. The molecule has 0 aromatic rings. The van der Waals surface area contributed by atoms with Crippen molar-refractivity contribution in [2.24, 2.45) is 22.7 Å². The number of aliphatic hydroxyl groups is 2. The molecule has 0 amide bonds. The molecule has 2 aliphatic carbocycles. The highest BCUT2D eigenvalue weighted by molar-refractivity contribution is 5.78. The minimum Gasteiger partial charge on any atom is -0.469 e. The third kappa shape index (κ3) is 2.50. The lowest BCUT2D eigenvalue weighted by atomic mass is 9.43. The fraction of sp³-hybridized carbons (Fsp3) is 0.857. The van der Waals surface area contributed by atoms with Crippen LogP contribution in [0.25, 0.3) is 0 Å². The standard InChI is InChI=1S/C21H34O5/c1-6-21(13-22)12-8-14-18(2)10-9-16(23)20(4,17(24)25-5)15(18)7-11-19(14,3)26-21/h6,14-16,22-23H,1,7-13H2,2-5H3/t14?,15?,16-,18+,19+,20-,21-/m1/s1. The van der Waals surface area contributed by atoms with E-state index >= 15 is 0 Å². The second-order valence-electron chi connectivity index (χ2n) is 9.36.